The van der Waals surface area contributed by atoms with Crippen molar-refractivity contribution in [2.45, 2.75) is 13.0 Å². The highest BCUT2D eigenvalue weighted by Crippen LogP contribution is 2.34. The third-order valence-electron chi connectivity index (χ3n) is 4.07. The van der Waals surface area contributed by atoms with Crippen LogP contribution < -0.4 is 15.2 Å². The van der Waals surface area contributed by atoms with Crippen LogP contribution >= 0.6 is 0 Å². The third kappa shape index (κ3) is 3.90. The van der Waals surface area contributed by atoms with Gasteiger partial charge in [0.25, 0.3) is 11.8 Å². The molecule has 0 unspecified atom stereocenters. The number of hydrogen-bond acceptors (Lipinski definition) is 6. The summed E-state index contributed by atoms with van der Waals surface area (Å²) in [4.78, 5) is 46.7. The molecule has 0 radical (unpaired) electrons. The zero-order chi connectivity index (χ0) is 21.1. The van der Waals surface area contributed by atoms with E-state index >= 15 is 0 Å². The van der Waals surface area contributed by atoms with Gasteiger partial charge in [-0.1, -0.05) is 30.3 Å². The Kier molecular flexibility index (Phi) is 5.26. The van der Waals surface area contributed by atoms with E-state index in [9.17, 15) is 24.5 Å². The van der Waals surface area contributed by atoms with Crippen molar-refractivity contribution in [1.29, 1.82) is 0 Å². The highest BCUT2D eigenvalue weighted by Gasteiger charge is 2.35. The van der Waals surface area contributed by atoms with Gasteiger partial charge in [-0.15, -0.1) is 0 Å². The predicted octanol–water partition coefficient (Wildman–Crippen LogP) is 1.91. The van der Waals surface area contributed by atoms with Crippen LogP contribution in [0.2, 0.25) is 0 Å². The number of rotatable bonds is 6. The minimum Gasteiger partial charge on any atom is -0.479 e. The average molecular weight is 397 g/mol. The summed E-state index contributed by atoms with van der Waals surface area (Å²) in [5, 5.41) is 21.4. The fourth-order valence-electron chi connectivity index (χ4n) is 2.63. The number of ether oxygens (including phenoxy) is 1. The van der Waals surface area contributed by atoms with Gasteiger partial charge in [-0.2, -0.15) is 0 Å². The van der Waals surface area contributed by atoms with E-state index in [2.05, 4.69) is 5.43 Å². The van der Waals surface area contributed by atoms with Gasteiger partial charge in [0.1, 0.15) is 5.57 Å². The summed E-state index contributed by atoms with van der Waals surface area (Å²) < 4.78 is 5.25. The van der Waals surface area contributed by atoms with Gasteiger partial charge in [-0.3, -0.25) is 25.1 Å². The molecule has 2 amide bonds. The molecule has 0 saturated carbocycles. The van der Waals surface area contributed by atoms with Crippen molar-refractivity contribution in [3.05, 3.63) is 69.8 Å². The average Bonchev–Trinajstić information content (AvgIpc) is 2.97. The Morgan fingerprint density at radius 1 is 1.21 bits per heavy atom. The molecule has 3 rings (SSSR count). The van der Waals surface area contributed by atoms with E-state index in [1.165, 1.54) is 19.1 Å². The van der Waals surface area contributed by atoms with Gasteiger partial charge in [0.05, 0.1) is 10.6 Å². The maximum absolute atomic E-state index is 12.7. The Morgan fingerprint density at radius 3 is 2.52 bits per heavy atom. The van der Waals surface area contributed by atoms with Gasteiger partial charge in [0.2, 0.25) is 5.75 Å². The minimum absolute atomic E-state index is 0.0284. The second-order valence-electron chi connectivity index (χ2n) is 6.03. The van der Waals surface area contributed by atoms with E-state index in [1.54, 1.807) is 30.3 Å². The maximum atomic E-state index is 12.7. The lowest BCUT2D eigenvalue weighted by atomic mass is 10.1. The number of amides is 2. The maximum Gasteiger partial charge on any atom is 0.344 e. The lowest BCUT2D eigenvalue weighted by molar-refractivity contribution is -0.386. The van der Waals surface area contributed by atoms with Crippen molar-refractivity contribution >= 4 is 35.2 Å². The summed E-state index contributed by atoms with van der Waals surface area (Å²) >= 11 is 0. The second-order valence-corrected chi connectivity index (χ2v) is 6.03. The van der Waals surface area contributed by atoms with Crippen molar-refractivity contribution in [2.24, 2.45) is 0 Å². The second kappa shape index (κ2) is 7.80. The number of benzene rings is 2. The summed E-state index contributed by atoms with van der Waals surface area (Å²) in [5.74, 6) is -3.04. The van der Waals surface area contributed by atoms with E-state index < -0.39 is 34.5 Å². The smallest absolute Gasteiger partial charge is 0.344 e. The number of para-hydroxylation sites is 2. The molecular weight excluding hydrogens is 382 g/mol. The van der Waals surface area contributed by atoms with Gasteiger partial charge in [-0.25, -0.2) is 9.80 Å². The number of nitro benzene ring substituents is 1. The first-order chi connectivity index (χ1) is 13.8. The van der Waals surface area contributed by atoms with Gasteiger partial charge in [0, 0.05) is 11.6 Å². The van der Waals surface area contributed by atoms with Crippen LogP contribution in [0.5, 0.6) is 5.75 Å². The topological polar surface area (TPSA) is 139 Å². The minimum atomic E-state index is -1.39. The molecule has 10 heteroatoms. The molecule has 0 spiro atoms. The zero-order valence-corrected chi connectivity index (χ0v) is 15.1. The molecule has 10 nitrogen and oxygen atoms in total. The Labute approximate surface area is 164 Å². The molecule has 2 aromatic rings. The van der Waals surface area contributed by atoms with E-state index in [1.807, 2.05) is 0 Å². The quantitative estimate of drug-likeness (QED) is 0.328. The van der Waals surface area contributed by atoms with Crippen LogP contribution in [0.25, 0.3) is 6.08 Å². The molecule has 1 heterocycles. The van der Waals surface area contributed by atoms with Crippen molar-refractivity contribution < 1.29 is 29.2 Å². The largest absolute Gasteiger partial charge is 0.479 e. The number of nitrogens with one attached hydrogen (secondary N) is 1. The molecule has 29 heavy (non-hydrogen) atoms. The third-order valence-corrected chi connectivity index (χ3v) is 4.07. The fraction of sp³-hybridized carbons (Fsp3) is 0.105. The van der Waals surface area contributed by atoms with E-state index in [0.29, 0.717) is 5.69 Å². The Hall–Kier alpha value is -4.21. The lowest BCUT2D eigenvalue weighted by Gasteiger charge is -2.14. The molecule has 0 aromatic heterocycles. The number of hydrogen-bond donors (Lipinski definition) is 2. The number of carboxylic acid groups (broad SMARTS) is 1. The molecule has 2 aromatic carbocycles. The first-order valence-electron chi connectivity index (χ1n) is 8.38. The molecule has 1 fully saturated rings. The van der Waals surface area contributed by atoms with E-state index in [-0.39, 0.29) is 16.9 Å². The first kappa shape index (κ1) is 19.5. The summed E-state index contributed by atoms with van der Waals surface area (Å²) in [7, 11) is 0. The highest BCUT2D eigenvalue weighted by atomic mass is 16.6. The molecule has 1 aliphatic heterocycles. The summed E-state index contributed by atoms with van der Waals surface area (Å²) in [6, 6.07) is 12.2. The number of carboxylic acids is 1. The van der Waals surface area contributed by atoms with Crippen molar-refractivity contribution in [3.8, 4) is 5.75 Å². The van der Waals surface area contributed by atoms with Gasteiger partial charge in [0.15, 0.2) is 6.10 Å². The number of nitro groups is 1. The molecule has 148 valence electrons. The summed E-state index contributed by atoms with van der Waals surface area (Å²) in [6.07, 6.45) is -0.250. The fourth-order valence-corrected chi connectivity index (χ4v) is 2.63. The number of carbonyl (C=O) groups is 3. The monoisotopic (exact) mass is 397 g/mol. The van der Waals surface area contributed by atoms with Crippen LogP contribution in [0.1, 0.15) is 12.5 Å². The molecule has 1 saturated heterocycles. The summed E-state index contributed by atoms with van der Waals surface area (Å²) in [6.45, 7) is 1.21. The molecule has 0 bridgehead atoms. The molecule has 0 aliphatic carbocycles. The normalized spacial score (nSPS) is 15.9. The standard InChI is InChI=1S/C19H15N3O7/c1-11(19(25)26)29-16-12(6-5-9-15(16)22(27)28)10-14-17(23)20-21(18(14)24)13-7-3-2-4-8-13/h2-11H,1H3,(H,20,23)(H,25,26)/b14-10-/t11-/m1/s1. The summed E-state index contributed by atoms with van der Waals surface area (Å²) in [5.41, 5.74) is 2.11. The predicted molar refractivity (Wildman–Crippen MR) is 101 cm³/mol. The SMILES string of the molecule is C[C@@H](Oc1c(/C=C2/C(=O)NN(c3ccccc3)C2=O)cccc1[N+](=O)[O-])C(=O)O. The molecule has 1 atom stereocenters. The number of hydrazine groups is 1. The van der Waals surface area contributed by atoms with E-state index in [4.69, 9.17) is 9.84 Å². The van der Waals surface area contributed by atoms with Crippen LogP contribution in [0.15, 0.2) is 54.1 Å². The zero-order valence-electron chi connectivity index (χ0n) is 15.1. The van der Waals surface area contributed by atoms with E-state index in [0.717, 1.165) is 17.2 Å². The lowest BCUT2D eigenvalue weighted by Crippen LogP contribution is -2.35. The van der Waals surface area contributed by atoms with Crippen LogP contribution in [0.4, 0.5) is 11.4 Å². The van der Waals surface area contributed by atoms with Gasteiger partial charge in [-0.05, 0) is 25.1 Å². The van der Waals surface area contributed by atoms with Crippen LogP contribution in [0.3, 0.4) is 0 Å². The number of anilines is 1. The van der Waals surface area contributed by atoms with Crippen LogP contribution in [0, 0.1) is 10.1 Å². The van der Waals surface area contributed by atoms with Gasteiger partial charge < -0.3 is 9.84 Å². The molecule has 2 N–H and O–H groups in total. The Morgan fingerprint density at radius 2 is 1.90 bits per heavy atom. The Balaban J connectivity index is 2.04. The number of nitrogens with zero attached hydrogens (tertiary/aromatic N) is 2. The van der Waals surface area contributed by atoms with Crippen LogP contribution in [-0.4, -0.2) is 33.9 Å². The van der Waals surface area contributed by atoms with Crippen molar-refractivity contribution in [1.82, 2.24) is 5.43 Å². The number of aliphatic carboxylic acids is 1. The van der Waals surface area contributed by atoms with Crippen molar-refractivity contribution in [2.75, 3.05) is 5.01 Å². The van der Waals surface area contributed by atoms with Gasteiger partial charge >= 0.3 is 11.7 Å². The van der Waals surface area contributed by atoms with Crippen molar-refractivity contribution in [3.63, 3.8) is 0 Å². The molecular formula is C19H15N3O7. The number of carbonyl (C=O) groups excluding carboxylic acids is 2. The highest BCUT2D eigenvalue weighted by molar-refractivity contribution is 6.31. The Bertz CT molecular complexity index is 1030. The van der Waals surface area contributed by atoms with Crippen LogP contribution in [-0.2, 0) is 14.4 Å². The first-order valence-corrected chi connectivity index (χ1v) is 8.38. The molecule has 1 aliphatic rings.